The van der Waals surface area contributed by atoms with E-state index >= 15 is 0 Å². The number of aliphatic hydroxyl groups excluding tert-OH is 4. The van der Waals surface area contributed by atoms with Crippen LogP contribution in [0.4, 0.5) is 0 Å². The maximum Gasteiger partial charge on any atom is 0.0568 e. The summed E-state index contributed by atoms with van der Waals surface area (Å²) in [6, 6.07) is 0. The van der Waals surface area contributed by atoms with Crippen LogP contribution in [0.3, 0.4) is 0 Å². The average Bonchev–Trinajstić information content (AvgIpc) is 2.91. The fourth-order valence-corrected chi connectivity index (χ4v) is 6.66. The van der Waals surface area contributed by atoms with Gasteiger partial charge in [0.05, 0.1) is 24.4 Å². The molecule has 8 atom stereocenters. The summed E-state index contributed by atoms with van der Waals surface area (Å²) in [4.78, 5) is 0. The van der Waals surface area contributed by atoms with Gasteiger partial charge in [-0.2, -0.15) is 0 Å². The van der Waals surface area contributed by atoms with E-state index in [-0.39, 0.29) is 46.1 Å². The molecule has 0 aromatic rings. The zero-order valence-electron chi connectivity index (χ0n) is 25.0. The van der Waals surface area contributed by atoms with E-state index in [0.717, 1.165) is 51.4 Å². The molecule has 0 aromatic carbocycles. The van der Waals surface area contributed by atoms with Gasteiger partial charge in [-0.3, -0.25) is 0 Å². The van der Waals surface area contributed by atoms with Crippen LogP contribution < -0.4 is 0 Å². The minimum Gasteiger partial charge on any atom is -0.393 e. The third kappa shape index (κ3) is 15.8. The molecule has 4 fully saturated rings. The van der Waals surface area contributed by atoms with Crippen molar-refractivity contribution in [3.63, 3.8) is 0 Å². The molecular weight excluding hydrogens is 496 g/mol. The molecular formula is C32H64O4Ti. The minimum absolute atomic E-state index is 0. The fraction of sp³-hybridized carbons (Fsp3) is 1.00. The molecule has 4 rings (SSSR count). The third-order valence-corrected chi connectivity index (χ3v) is 9.57. The second-order valence-corrected chi connectivity index (χ2v) is 12.1. The predicted octanol–water partition coefficient (Wildman–Crippen LogP) is 7.79. The molecule has 4 saturated carbocycles. The van der Waals surface area contributed by atoms with Crippen LogP contribution in [0.5, 0.6) is 0 Å². The van der Waals surface area contributed by atoms with Gasteiger partial charge in [-0.1, -0.05) is 105 Å². The Morgan fingerprint density at radius 1 is 0.351 bits per heavy atom. The normalized spacial score (nSPS) is 35.7. The Balaban J connectivity index is 0.000000463. The monoisotopic (exact) mass is 560 g/mol. The molecule has 4 nitrogen and oxygen atoms in total. The SMILES string of the molecule is CCC1CCCCC1O.CCC1CCCCC1O.CCC1CCCCC1O.CCC1CCCCC1O.[Ti]. The Labute approximate surface area is 245 Å². The van der Waals surface area contributed by atoms with Crippen molar-refractivity contribution in [3.05, 3.63) is 0 Å². The Kier molecular flexibility index (Phi) is 23.6. The summed E-state index contributed by atoms with van der Waals surface area (Å²) >= 11 is 0. The van der Waals surface area contributed by atoms with Gasteiger partial charge in [0.2, 0.25) is 0 Å². The first-order chi connectivity index (χ1) is 17.4. The fourth-order valence-electron chi connectivity index (χ4n) is 6.66. The topological polar surface area (TPSA) is 80.9 Å². The zero-order valence-corrected chi connectivity index (χ0v) is 26.6. The largest absolute Gasteiger partial charge is 0.393 e. The number of hydrogen-bond acceptors (Lipinski definition) is 4. The van der Waals surface area contributed by atoms with Crippen molar-refractivity contribution in [3.8, 4) is 0 Å². The van der Waals surface area contributed by atoms with Gasteiger partial charge in [-0.05, 0) is 75.0 Å². The standard InChI is InChI=1S/4C8H16O.Ti/c4*1-2-7-5-3-4-6-8(7)9;/h4*7-9H,2-6H2,1H3;. The molecule has 5 heteroatoms. The van der Waals surface area contributed by atoms with Crippen LogP contribution in [0, 0.1) is 23.7 Å². The molecule has 4 aliphatic carbocycles. The minimum atomic E-state index is 0. The maximum absolute atomic E-state index is 9.37. The van der Waals surface area contributed by atoms with Crippen LogP contribution in [-0.4, -0.2) is 44.8 Å². The van der Waals surface area contributed by atoms with Crippen molar-refractivity contribution in [2.24, 2.45) is 23.7 Å². The summed E-state index contributed by atoms with van der Waals surface area (Å²) < 4.78 is 0. The van der Waals surface area contributed by atoms with E-state index in [1.54, 1.807) is 0 Å². The molecule has 0 aliphatic heterocycles. The predicted molar refractivity (Wildman–Crippen MR) is 153 cm³/mol. The van der Waals surface area contributed by atoms with E-state index in [1.165, 1.54) is 77.0 Å². The van der Waals surface area contributed by atoms with Crippen molar-refractivity contribution >= 4 is 0 Å². The maximum atomic E-state index is 9.37. The van der Waals surface area contributed by atoms with Gasteiger partial charge in [-0.25, -0.2) is 0 Å². The molecule has 0 amide bonds. The van der Waals surface area contributed by atoms with Crippen molar-refractivity contribution in [2.75, 3.05) is 0 Å². The third-order valence-electron chi connectivity index (χ3n) is 9.57. The van der Waals surface area contributed by atoms with Gasteiger partial charge in [0.25, 0.3) is 0 Å². The molecule has 4 aliphatic rings. The summed E-state index contributed by atoms with van der Waals surface area (Å²) in [6.07, 6.45) is 24.1. The number of rotatable bonds is 4. The number of aliphatic hydroxyl groups is 4. The van der Waals surface area contributed by atoms with E-state index in [0.29, 0.717) is 23.7 Å². The van der Waals surface area contributed by atoms with E-state index in [4.69, 9.17) is 0 Å². The second-order valence-electron chi connectivity index (χ2n) is 12.1. The summed E-state index contributed by atoms with van der Waals surface area (Å²) in [6.45, 7) is 8.66. The van der Waals surface area contributed by atoms with Crippen molar-refractivity contribution < 1.29 is 42.1 Å². The Morgan fingerprint density at radius 2 is 0.514 bits per heavy atom. The van der Waals surface area contributed by atoms with Crippen LogP contribution in [0.2, 0.25) is 0 Å². The molecule has 0 bridgehead atoms. The Bertz CT molecular complexity index is 417. The van der Waals surface area contributed by atoms with E-state index in [2.05, 4.69) is 27.7 Å². The van der Waals surface area contributed by atoms with Gasteiger partial charge >= 0.3 is 0 Å². The smallest absolute Gasteiger partial charge is 0.0568 e. The van der Waals surface area contributed by atoms with Crippen LogP contribution in [0.1, 0.15) is 156 Å². The number of hydrogen-bond donors (Lipinski definition) is 4. The molecule has 0 heterocycles. The molecule has 0 radical (unpaired) electrons. The molecule has 8 unspecified atom stereocenters. The molecule has 0 saturated heterocycles. The van der Waals surface area contributed by atoms with Gasteiger partial charge in [0, 0.05) is 21.7 Å². The first-order valence-corrected chi connectivity index (χ1v) is 16.1. The molecule has 0 aromatic heterocycles. The van der Waals surface area contributed by atoms with Crippen LogP contribution in [0.25, 0.3) is 0 Å². The Hall–Kier alpha value is 0.554. The quantitative estimate of drug-likeness (QED) is 0.265. The second kappa shape index (κ2) is 23.3. The van der Waals surface area contributed by atoms with Crippen LogP contribution >= 0.6 is 0 Å². The summed E-state index contributed by atoms with van der Waals surface area (Å²) in [5, 5.41) is 37.5. The summed E-state index contributed by atoms with van der Waals surface area (Å²) in [5.41, 5.74) is 0. The van der Waals surface area contributed by atoms with Crippen LogP contribution in [-0.2, 0) is 21.7 Å². The molecule has 37 heavy (non-hydrogen) atoms. The first-order valence-electron chi connectivity index (χ1n) is 16.1. The first kappa shape index (κ1) is 37.6. The van der Waals surface area contributed by atoms with Crippen LogP contribution in [0.15, 0.2) is 0 Å². The van der Waals surface area contributed by atoms with E-state index < -0.39 is 0 Å². The van der Waals surface area contributed by atoms with Gasteiger partial charge in [-0.15, -0.1) is 0 Å². The molecule has 220 valence electrons. The average molecular weight is 561 g/mol. The Morgan fingerprint density at radius 3 is 0.622 bits per heavy atom. The van der Waals surface area contributed by atoms with Crippen molar-refractivity contribution in [1.82, 2.24) is 0 Å². The van der Waals surface area contributed by atoms with Gasteiger partial charge in [0.1, 0.15) is 0 Å². The summed E-state index contributed by atoms with van der Waals surface area (Å²) in [5.74, 6) is 2.44. The van der Waals surface area contributed by atoms with Crippen molar-refractivity contribution in [2.45, 2.75) is 181 Å². The van der Waals surface area contributed by atoms with E-state index in [1.807, 2.05) is 0 Å². The molecule has 4 N–H and O–H groups in total. The zero-order chi connectivity index (χ0) is 26.8. The van der Waals surface area contributed by atoms with Gasteiger partial charge < -0.3 is 20.4 Å². The van der Waals surface area contributed by atoms with Gasteiger partial charge in [0.15, 0.2) is 0 Å². The summed E-state index contributed by atoms with van der Waals surface area (Å²) in [7, 11) is 0. The van der Waals surface area contributed by atoms with E-state index in [9.17, 15) is 20.4 Å². The van der Waals surface area contributed by atoms with Crippen molar-refractivity contribution in [1.29, 1.82) is 0 Å². The molecule has 0 spiro atoms.